The molecule has 192 valence electrons. The molecule has 1 unspecified atom stereocenters. The predicted octanol–water partition coefficient (Wildman–Crippen LogP) is 6.98. The van der Waals surface area contributed by atoms with Gasteiger partial charge in [0.15, 0.2) is 5.78 Å². The van der Waals surface area contributed by atoms with Crippen LogP contribution in [0.2, 0.25) is 5.02 Å². The highest BCUT2D eigenvalue weighted by molar-refractivity contribution is 6.32. The molecule has 0 amide bonds. The number of aryl methyl sites for hydroxylation is 1. The largest absolute Gasteiger partial charge is 0.487 e. The normalized spacial score (nSPS) is 17.4. The molecule has 38 heavy (non-hydrogen) atoms. The van der Waals surface area contributed by atoms with Gasteiger partial charge in [-0.25, -0.2) is 4.39 Å². The highest BCUT2D eigenvalue weighted by atomic mass is 35.5. The number of hydrogen-bond acceptors (Lipinski definition) is 5. The van der Waals surface area contributed by atoms with Crippen LogP contribution in [0.15, 0.2) is 83.3 Å². The average Bonchev–Trinajstić information content (AvgIpc) is 2.90. The van der Waals surface area contributed by atoms with Gasteiger partial charge in [-0.1, -0.05) is 41.4 Å². The third-order valence-corrected chi connectivity index (χ3v) is 7.54. The molecule has 2 N–H and O–H groups in total. The van der Waals surface area contributed by atoms with Crippen LogP contribution >= 0.6 is 11.6 Å². The number of rotatable bonds is 5. The Balaban J connectivity index is 1.64. The molecule has 0 saturated heterocycles. The van der Waals surface area contributed by atoms with Crippen molar-refractivity contribution in [3.63, 3.8) is 0 Å². The second-order valence-corrected chi connectivity index (χ2v) is 10.1. The fourth-order valence-electron chi connectivity index (χ4n) is 5.41. The van der Waals surface area contributed by atoms with Gasteiger partial charge in [0, 0.05) is 23.4 Å². The molecular formula is C31H27ClFN3O2. The Morgan fingerprint density at radius 3 is 2.58 bits per heavy atom. The Morgan fingerprint density at radius 1 is 1.13 bits per heavy atom. The van der Waals surface area contributed by atoms with Crippen molar-refractivity contribution >= 4 is 23.1 Å². The number of ketones is 1. The molecule has 5 rings (SSSR count). The van der Waals surface area contributed by atoms with Crippen LogP contribution in [-0.4, -0.2) is 5.78 Å². The minimum atomic E-state index is -0.599. The van der Waals surface area contributed by atoms with E-state index in [9.17, 15) is 14.4 Å². The van der Waals surface area contributed by atoms with Crippen molar-refractivity contribution in [1.82, 2.24) is 0 Å². The van der Waals surface area contributed by atoms with E-state index in [0.29, 0.717) is 46.9 Å². The van der Waals surface area contributed by atoms with Gasteiger partial charge in [0.25, 0.3) is 0 Å². The minimum absolute atomic E-state index is 0.00150. The van der Waals surface area contributed by atoms with Crippen molar-refractivity contribution in [2.75, 3.05) is 4.90 Å². The Labute approximate surface area is 226 Å². The van der Waals surface area contributed by atoms with E-state index in [-0.39, 0.29) is 24.0 Å². The maximum atomic E-state index is 13.7. The van der Waals surface area contributed by atoms with E-state index in [0.717, 1.165) is 28.0 Å². The van der Waals surface area contributed by atoms with E-state index in [1.807, 2.05) is 44.2 Å². The number of nitriles is 1. The first kappa shape index (κ1) is 25.6. The van der Waals surface area contributed by atoms with Crippen molar-refractivity contribution in [2.45, 2.75) is 45.6 Å². The van der Waals surface area contributed by atoms with Crippen LogP contribution in [0.1, 0.15) is 47.4 Å². The molecule has 3 aromatic rings. The third-order valence-electron chi connectivity index (χ3n) is 7.23. The molecule has 1 atom stereocenters. The number of nitrogens with two attached hydrogens (primary N) is 1. The molecule has 1 aliphatic heterocycles. The van der Waals surface area contributed by atoms with Gasteiger partial charge in [-0.15, -0.1) is 0 Å². The van der Waals surface area contributed by atoms with Crippen LogP contribution in [0.25, 0.3) is 0 Å². The smallest absolute Gasteiger partial charge is 0.161 e. The summed E-state index contributed by atoms with van der Waals surface area (Å²) >= 11 is 6.28. The Morgan fingerprint density at radius 2 is 1.87 bits per heavy atom. The van der Waals surface area contributed by atoms with Gasteiger partial charge in [-0.3, -0.25) is 9.69 Å². The first-order valence-corrected chi connectivity index (χ1v) is 12.9. The second-order valence-electron chi connectivity index (χ2n) is 9.65. The van der Waals surface area contributed by atoms with Gasteiger partial charge in [-0.2, -0.15) is 5.26 Å². The van der Waals surface area contributed by atoms with E-state index >= 15 is 0 Å². The van der Waals surface area contributed by atoms with E-state index < -0.39 is 5.92 Å². The van der Waals surface area contributed by atoms with E-state index in [1.165, 1.54) is 12.1 Å². The summed E-state index contributed by atoms with van der Waals surface area (Å²) in [6.45, 7) is 4.23. The Hall–Kier alpha value is -4.08. The van der Waals surface area contributed by atoms with Gasteiger partial charge >= 0.3 is 0 Å². The number of hydrogen-bond donors (Lipinski definition) is 1. The lowest BCUT2D eigenvalue weighted by Gasteiger charge is -2.40. The van der Waals surface area contributed by atoms with Crippen LogP contribution in [-0.2, 0) is 11.4 Å². The van der Waals surface area contributed by atoms with Gasteiger partial charge in [-0.05, 0) is 79.8 Å². The zero-order valence-corrected chi connectivity index (χ0v) is 22.0. The number of carbonyl (C=O) groups excluding carboxylic acids is 1. The SMILES string of the molecule is Cc1cc(COc2ccccc2Cl)c(C)c(C2C(C#N)=C(N)N(c3ccc(F)cc3)C3=C2C(=O)CCC3)c1. The summed E-state index contributed by atoms with van der Waals surface area (Å²) in [4.78, 5) is 15.2. The van der Waals surface area contributed by atoms with Crippen LogP contribution in [0.5, 0.6) is 5.75 Å². The number of Topliss-reactive ketones (excluding diaryl/α,β-unsaturated/α-hetero) is 1. The highest BCUT2D eigenvalue weighted by Crippen LogP contribution is 2.47. The van der Waals surface area contributed by atoms with Gasteiger partial charge in [0.1, 0.15) is 24.0 Å². The number of halogens is 2. The number of allylic oxidation sites excluding steroid dienone is 3. The molecule has 5 nitrogen and oxygen atoms in total. The van der Waals surface area contributed by atoms with Gasteiger partial charge in [0.05, 0.1) is 22.6 Å². The standard InChI is InChI=1S/C31H27ClFN3O2/c1-18-14-20(17-38-28-9-4-3-6-25(28)32)19(2)23(15-18)29-24(16-34)31(35)36(22-12-10-21(33)11-13-22)26-7-5-8-27(37)30(26)29/h3-4,6,9-15,29H,5,7-8,17,35H2,1-2H3. The summed E-state index contributed by atoms with van der Waals surface area (Å²) in [5.41, 5.74) is 12.6. The Kier molecular flexibility index (Phi) is 6.96. The third kappa shape index (κ3) is 4.55. The average molecular weight is 528 g/mol. The summed E-state index contributed by atoms with van der Waals surface area (Å²) in [6, 6.07) is 19.6. The minimum Gasteiger partial charge on any atom is -0.487 e. The molecule has 3 aromatic carbocycles. The fraction of sp³-hybridized carbons (Fsp3) is 0.226. The number of ether oxygens (including phenoxy) is 1. The molecule has 2 aliphatic rings. The lowest BCUT2D eigenvalue weighted by atomic mass is 9.73. The van der Waals surface area contributed by atoms with Crippen LogP contribution in [0, 0.1) is 31.0 Å². The summed E-state index contributed by atoms with van der Waals surface area (Å²) < 4.78 is 19.7. The summed E-state index contributed by atoms with van der Waals surface area (Å²) in [5.74, 6) is -0.134. The van der Waals surface area contributed by atoms with Crippen molar-refractivity contribution < 1.29 is 13.9 Å². The molecule has 0 saturated carbocycles. The molecule has 0 bridgehead atoms. The number of nitrogens with zero attached hydrogens (tertiary/aromatic N) is 2. The molecule has 0 radical (unpaired) electrons. The molecule has 7 heteroatoms. The Bertz CT molecular complexity index is 1540. The number of anilines is 1. The van der Waals surface area contributed by atoms with Crippen molar-refractivity contribution in [2.24, 2.45) is 5.73 Å². The van der Waals surface area contributed by atoms with Crippen molar-refractivity contribution in [3.05, 3.63) is 116 Å². The summed E-state index contributed by atoms with van der Waals surface area (Å²) in [7, 11) is 0. The van der Waals surface area contributed by atoms with E-state index in [4.69, 9.17) is 22.1 Å². The molecule has 1 aliphatic carbocycles. The lowest BCUT2D eigenvalue weighted by Crippen LogP contribution is -2.39. The van der Waals surface area contributed by atoms with Gasteiger partial charge < -0.3 is 10.5 Å². The van der Waals surface area contributed by atoms with Gasteiger partial charge in [0.2, 0.25) is 0 Å². The molecular weight excluding hydrogens is 501 g/mol. The topological polar surface area (TPSA) is 79.3 Å². The zero-order chi connectivity index (χ0) is 27.0. The first-order valence-electron chi connectivity index (χ1n) is 12.5. The van der Waals surface area contributed by atoms with E-state index in [2.05, 4.69) is 6.07 Å². The van der Waals surface area contributed by atoms with Crippen LogP contribution < -0.4 is 15.4 Å². The lowest BCUT2D eigenvalue weighted by molar-refractivity contribution is -0.116. The second kappa shape index (κ2) is 10.4. The van der Waals surface area contributed by atoms with Crippen molar-refractivity contribution in [3.8, 4) is 11.8 Å². The number of para-hydroxylation sites is 1. The predicted molar refractivity (Wildman–Crippen MR) is 146 cm³/mol. The number of benzene rings is 3. The first-order chi connectivity index (χ1) is 18.3. The van der Waals surface area contributed by atoms with Crippen molar-refractivity contribution in [1.29, 1.82) is 5.26 Å². The maximum Gasteiger partial charge on any atom is 0.161 e. The maximum absolute atomic E-state index is 13.7. The van der Waals surface area contributed by atoms with Crippen LogP contribution in [0.4, 0.5) is 10.1 Å². The molecule has 1 heterocycles. The monoisotopic (exact) mass is 527 g/mol. The fourth-order valence-corrected chi connectivity index (χ4v) is 5.60. The van der Waals surface area contributed by atoms with Crippen LogP contribution in [0.3, 0.4) is 0 Å². The zero-order valence-electron chi connectivity index (χ0n) is 21.2. The molecule has 0 aromatic heterocycles. The summed E-state index contributed by atoms with van der Waals surface area (Å²) in [5, 5.41) is 10.9. The molecule has 0 fully saturated rings. The number of carbonyl (C=O) groups is 1. The van der Waals surface area contributed by atoms with E-state index in [1.54, 1.807) is 23.1 Å². The molecule has 0 spiro atoms. The summed E-state index contributed by atoms with van der Waals surface area (Å²) in [6.07, 6.45) is 1.71. The quantitative estimate of drug-likeness (QED) is 0.387. The highest BCUT2D eigenvalue weighted by Gasteiger charge is 2.41.